The van der Waals surface area contributed by atoms with E-state index in [9.17, 15) is 14.4 Å². The molecule has 0 aliphatic carbocycles. The lowest BCUT2D eigenvalue weighted by Crippen LogP contribution is -2.46. The standard InChI is InChI=1S/C27H31N3O4/c1-5-30(23(31)18-28-26(33)34-27(2,3)4)24(20-12-7-6-8-13-20)25(32)29-22-16-15-19-11-9-10-14-21(19)17-22/h6-17,24H,5,18H2,1-4H3,(H,28,33)(H,29,32). The molecule has 3 aromatic carbocycles. The van der Waals surface area contributed by atoms with Gasteiger partial charge in [0.15, 0.2) is 0 Å². The first-order chi connectivity index (χ1) is 16.2. The Labute approximate surface area is 200 Å². The molecule has 0 aliphatic heterocycles. The van der Waals surface area contributed by atoms with E-state index in [-0.39, 0.29) is 19.0 Å². The van der Waals surface area contributed by atoms with Gasteiger partial charge in [0, 0.05) is 12.2 Å². The summed E-state index contributed by atoms with van der Waals surface area (Å²) >= 11 is 0. The molecule has 0 radical (unpaired) electrons. The van der Waals surface area contributed by atoms with E-state index in [4.69, 9.17) is 4.74 Å². The second-order valence-electron chi connectivity index (χ2n) is 8.90. The van der Waals surface area contributed by atoms with Gasteiger partial charge in [-0.2, -0.15) is 0 Å². The largest absolute Gasteiger partial charge is 0.444 e. The highest BCUT2D eigenvalue weighted by Gasteiger charge is 2.31. The highest BCUT2D eigenvalue weighted by molar-refractivity contribution is 6.00. The van der Waals surface area contributed by atoms with Crippen LogP contribution in [0.3, 0.4) is 0 Å². The predicted molar refractivity (Wildman–Crippen MR) is 133 cm³/mol. The number of hydrogen-bond donors (Lipinski definition) is 2. The zero-order chi connectivity index (χ0) is 24.7. The number of benzene rings is 3. The maximum atomic E-state index is 13.5. The molecule has 3 amide bonds. The summed E-state index contributed by atoms with van der Waals surface area (Å²) < 4.78 is 5.21. The van der Waals surface area contributed by atoms with E-state index >= 15 is 0 Å². The molecule has 0 aromatic heterocycles. The second kappa shape index (κ2) is 10.8. The number of amides is 3. The van der Waals surface area contributed by atoms with E-state index < -0.39 is 23.6 Å². The Balaban J connectivity index is 1.81. The highest BCUT2D eigenvalue weighted by Crippen LogP contribution is 2.25. The van der Waals surface area contributed by atoms with E-state index in [1.165, 1.54) is 4.90 Å². The van der Waals surface area contributed by atoms with Crippen molar-refractivity contribution in [1.82, 2.24) is 10.2 Å². The summed E-state index contributed by atoms with van der Waals surface area (Å²) in [6.07, 6.45) is -0.686. The SMILES string of the molecule is CCN(C(=O)CNC(=O)OC(C)(C)C)C(C(=O)Nc1ccc2ccccc2c1)c1ccccc1. The number of likely N-dealkylation sites (N-methyl/N-ethyl adjacent to an activating group) is 1. The lowest BCUT2D eigenvalue weighted by atomic mass is 10.0. The number of hydrogen-bond acceptors (Lipinski definition) is 4. The average molecular weight is 462 g/mol. The number of anilines is 1. The quantitative estimate of drug-likeness (QED) is 0.524. The molecule has 7 heteroatoms. The Morgan fingerprint density at radius 3 is 2.21 bits per heavy atom. The van der Waals surface area contributed by atoms with Crippen LogP contribution in [0, 0.1) is 0 Å². The first-order valence-electron chi connectivity index (χ1n) is 11.3. The van der Waals surface area contributed by atoms with Crippen molar-refractivity contribution < 1.29 is 19.1 Å². The van der Waals surface area contributed by atoms with Crippen molar-refractivity contribution in [2.24, 2.45) is 0 Å². The van der Waals surface area contributed by atoms with Crippen LogP contribution in [-0.4, -0.2) is 41.5 Å². The van der Waals surface area contributed by atoms with Gasteiger partial charge < -0.3 is 20.3 Å². The maximum absolute atomic E-state index is 13.5. The lowest BCUT2D eigenvalue weighted by molar-refractivity contribution is -0.138. The molecule has 3 aromatic rings. The number of fused-ring (bicyclic) bond motifs is 1. The third-order valence-electron chi connectivity index (χ3n) is 5.14. The van der Waals surface area contributed by atoms with Gasteiger partial charge in [0.2, 0.25) is 5.91 Å². The highest BCUT2D eigenvalue weighted by atomic mass is 16.6. The zero-order valence-electron chi connectivity index (χ0n) is 20.0. The number of nitrogens with zero attached hydrogens (tertiary/aromatic N) is 1. The maximum Gasteiger partial charge on any atom is 0.408 e. The summed E-state index contributed by atoms with van der Waals surface area (Å²) in [5, 5.41) is 7.51. The van der Waals surface area contributed by atoms with Gasteiger partial charge in [-0.15, -0.1) is 0 Å². The number of carbonyl (C=O) groups excluding carboxylic acids is 3. The van der Waals surface area contributed by atoms with E-state index in [1.807, 2.05) is 72.8 Å². The Bertz CT molecular complexity index is 1160. The molecule has 7 nitrogen and oxygen atoms in total. The number of nitrogens with one attached hydrogen (secondary N) is 2. The predicted octanol–water partition coefficient (Wildman–Crippen LogP) is 4.89. The van der Waals surface area contributed by atoms with Crippen LogP contribution < -0.4 is 10.6 Å². The minimum absolute atomic E-state index is 0.277. The van der Waals surface area contributed by atoms with Gasteiger partial charge in [-0.25, -0.2) is 4.79 Å². The van der Waals surface area contributed by atoms with Gasteiger partial charge in [0.25, 0.3) is 5.91 Å². The molecule has 178 valence electrons. The Morgan fingerprint density at radius 1 is 0.912 bits per heavy atom. The fraction of sp³-hybridized carbons (Fsp3) is 0.296. The molecule has 34 heavy (non-hydrogen) atoms. The Kier molecular flexibility index (Phi) is 7.89. The van der Waals surface area contributed by atoms with Gasteiger partial charge in [0.1, 0.15) is 18.2 Å². The van der Waals surface area contributed by atoms with Crippen LogP contribution in [-0.2, 0) is 14.3 Å². The molecule has 0 aliphatic rings. The van der Waals surface area contributed by atoms with Crippen LogP contribution in [0.4, 0.5) is 10.5 Å². The fourth-order valence-electron chi connectivity index (χ4n) is 3.65. The average Bonchev–Trinajstić information content (AvgIpc) is 2.80. The summed E-state index contributed by atoms with van der Waals surface area (Å²) in [6, 6.07) is 21.8. The molecule has 3 rings (SSSR count). The van der Waals surface area contributed by atoms with Crippen molar-refractivity contribution in [1.29, 1.82) is 0 Å². The van der Waals surface area contributed by atoms with Crippen LogP contribution in [0.25, 0.3) is 10.8 Å². The zero-order valence-corrected chi connectivity index (χ0v) is 20.0. The summed E-state index contributed by atoms with van der Waals surface area (Å²) in [6.45, 7) is 7.03. The van der Waals surface area contributed by atoms with Crippen molar-refractivity contribution in [2.45, 2.75) is 39.3 Å². The minimum Gasteiger partial charge on any atom is -0.444 e. The van der Waals surface area contributed by atoms with Crippen molar-refractivity contribution in [2.75, 3.05) is 18.4 Å². The molecule has 0 bridgehead atoms. The van der Waals surface area contributed by atoms with Gasteiger partial charge in [0.05, 0.1) is 0 Å². The summed E-state index contributed by atoms with van der Waals surface area (Å²) in [5.74, 6) is -0.732. The molecule has 2 N–H and O–H groups in total. The smallest absolute Gasteiger partial charge is 0.408 e. The third kappa shape index (κ3) is 6.57. The number of ether oxygens (including phenoxy) is 1. The molecule has 1 atom stereocenters. The Hall–Kier alpha value is -3.87. The van der Waals surface area contributed by atoms with Crippen LogP contribution >= 0.6 is 0 Å². The summed E-state index contributed by atoms with van der Waals surface area (Å²) in [5.41, 5.74) is 0.637. The number of carbonyl (C=O) groups is 3. The molecule has 0 heterocycles. The van der Waals surface area contributed by atoms with Gasteiger partial charge in [-0.1, -0.05) is 60.7 Å². The molecule has 0 saturated heterocycles. The van der Waals surface area contributed by atoms with Gasteiger partial charge in [-0.3, -0.25) is 9.59 Å². The number of rotatable bonds is 7. The number of alkyl carbamates (subject to hydrolysis) is 1. The van der Waals surface area contributed by atoms with Crippen LogP contribution in [0.5, 0.6) is 0 Å². The molecular formula is C27H31N3O4. The van der Waals surface area contributed by atoms with E-state index in [0.717, 1.165) is 10.8 Å². The van der Waals surface area contributed by atoms with Crippen molar-refractivity contribution in [3.63, 3.8) is 0 Å². The molecule has 0 spiro atoms. The third-order valence-corrected chi connectivity index (χ3v) is 5.14. The topological polar surface area (TPSA) is 87.7 Å². The molecule has 1 unspecified atom stereocenters. The first-order valence-corrected chi connectivity index (χ1v) is 11.3. The molecular weight excluding hydrogens is 430 g/mol. The summed E-state index contributed by atoms with van der Waals surface area (Å²) in [7, 11) is 0. The Morgan fingerprint density at radius 2 is 1.56 bits per heavy atom. The van der Waals surface area contributed by atoms with Crippen LogP contribution in [0.1, 0.15) is 39.3 Å². The minimum atomic E-state index is -0.870. The monoisotopic (exact) mass is 461 g/mol. The van der Waals surface area contributed by atoms with E-state index in [0.29, 0.717) is 11.3 Å². The normalized spacial score (nSPS) is 12.0. The fourth-order valence-corrected chi connectivity index (χ4v) is 3.65. The summed E-state index contributed by atoms with van der Waals surface area (Å²) in [4.78, 5) is 40.0. The van der Waals surface area contributed by atoms with Gasteiger partial charge in [-0.05, 0) is 56.2 Å². The second-order valence-corrected chi connectivity index (χ2v) is 8.90. The van der Waals surface area contributed by atoms with Crippen molar-refractivity contribution in [3.8, 4) is 0 Å². The van der Waals surface area contributed by atoms with Crippen LogP contribution in [0.2, 0.25) is 0 Å². The van der Waals surface area contributed by atoms with Crippen LogP contribution in [0.15, 0.2) is 72.8 Å². The molecule has 0 fully saturated rings. The van der Waals surface area contributed by atoms with Crippen molar-refractivity contribution >= 4 is 34.4 Å². The van der Waals surface area contributed by atoms with Crippen molar-refractivity contribution in [3.05, 3.63) is 78.4 Å². The van der Waals surface area contributed by atoms with E-state index in [2.05, 4.69) is 10.6 Å². The van der Waals surface area contributed by atoms with Gasteiger partial charge >= 0.3 is 6.09 Å². The first kappa shape index (κ1) is 24.8. The van der Waals surface area contributed by atoms with E-state index in [1.54, 1.807) is 27.7 Å². The molecule has 0 saturated carbocycles. The lowest BCUT2D eigenvalue weighted by Gasteiger charge is -2.30.